The Bertz CT molecular complexity index is 787. The predicted octanol–water partition coefficient (Wildman–Crippen LogP) is 3.85. The maximum absolute atomic E-state index is 13.4. The van der Waals surface area contributed by atoms with E-state index in [9.17, 15) is 4.39 Å². The highest BCUT2D eigenvalue weighted by molar-refractivity contribution is 7.71. The maximum atomic E-state index is 13.4. The highest BCUT2D eigenvalue weighted by Crippen LogP contribution is 2.22. The van der Waals surface area contributed by atoms with E-state index in [4.69, 9.17) is 17.3 Å². The van der Waals surface area contributed by atoms with Crippen LogP contribution in [0.15, 0.2) is 24.3 Å². The van der Waals surface area contributed by atoms with Crippen LogP contribution in [0.2, 0.25) is 0 Å². The van der Waals surface area contributed by atoms with Crippen LogP contribution in [0.3, 0.4) is 0 Å². The van der Waals surface area contributed by atoms with Gasteiger partial charge in [-0.15, -0.1) is 0 Å². The number of likely N-dealkylation sites (tertiary alicyclic amines) is 1. The molecular formula is C19H28FN5S. The van der Waals surface area contributed by atoms with Crippen LogP contribution in [0.25, 0.3) is 5.69 Å². The topological polar surface area (TPSA) is 29.2 Å². The van der Waals surface area contributed by atoms with Crippen LogP contribution in [-0.4, -0.2) is 51.3 Å². The van der Waals surface area contributed by atoms with Gasteiger partial charge in [-0.25, -0.2) is 9.07 Å². The Morgan fingerprint density at radius 3 is 2.42 bits per heavy atom. The van der Waals surface area contributed by atoms with E-state index in [-0.39, 0.29) is 11.9 Å². The van der Waals surface area contributed by atoms with E-state index in [1.807, 2.05) is 23.3 Å². The first kappa shape index (κ1) is 19.2. The summed E-state index contributed by atoms with van der Waals surface area (Å²) in [5.74, 6) is 1.41. The Morgan fingerprint density at radius 2 is 1.85 bits per heavy atom. The lowest BCUT2D eigenvalue weighted by Crippen LogP contribution is -2.34. The summed E-state index contributed by atoms with van der Waals surface area (Å²) >= 11 is 5.75. The van der Waals surface area contributed by atoms with Crippen molar-refractivity contribution in [3.8, 4) is 5.69 Å². The van der Waals surface area contributed by atoms with E-state index < -0.39 is 0 Å². The first-order valence-electron chi connectivity index (χ1n) is 9.21. The normalized spacial score (nSPS) is 17.8. The van der Waals surface area contributed by atoms with Crippen LogP contribution in [0, 0.1) is 16.5 Å². The van der Waals surface area contributed by atoms with Gasteiger partial charge in [-0.3, -0.25) is 14.4 Å². The van der Waals surface area contributed by atoms with Crippen LogP contribution >= 0.6 is 12.2 Å². The number of piperidine rings is 1. The van der Waals surface area contributed by atoms with Gasteiger partial charge in [-0.05, 0) is 76.3 Å². The SMILES string of the molecule is CC1CCN(Cn2nc(C(C)N(C)C)n(-c3ccc(F)cc3)c2=S)CC1. The van der Waals surface area contributed by atoms with Gasteiger partial charge in [0.15, 0.2) is 5.82 Å². The zero-order valence-corrected chi connectivity index (χ0v) is 16.8. The number of nitrogens with zero attached hydrogens (tertiary/aromatic N) is 5. The molecule has 1 aliphatic rings. The monoisotopic (exact) mass is 377 g/mol. The van der Waals surface area contributed by atoms with E-state index in [1.165, 1.54) is 25.0 Å². The highest BCUT2D eigenvalue weighted by atomic mass is 32.1. The molecule has 0 aliphatic carbocycles. The molecule has 5 nitrogen and oxygen atoms in total. The number of aromatic nitrogens is 3. The number of rotatable bonds is 5. The highest BCUT2D eigenvalue weighted by Gasteiger charge is 2.22. The van der Waals surface area contributed by atoms with Crippen molar-refractivity contribution < 1.29 is 4.39 Å². The molecule has 26 heavy (non-hydrogen) atoms. The van der Waals surface area contributed by atoms with Crippen molar-refractivity contribution in [2.24, 2.45) is 5.92 Å². The molecule has 0 spiro atoms. The zero-order valence-electron chi connectivity index (χ0n) is 16.0. The van der Waals surface area contributed by atoms with Crippen LogP contribution < -0.4 is 0 Å². The number of halogens is 1. The average Bonchev–Trinajstić information content (AvgIpc) is 2.93. The van der Waals surface area contributed by atoms with Crippen molar-refractivity contribution in [1.29, 1.82) is 0 Å². The summed E-state index contributed by atoms with van der Waals surface area (Å²) in [4.78, 5) is 4.51. The van der Waals surface area contributed by atoms with Crippen molar-refractivity contribution in [2.75, 3.05) is 27.2 Å². The Kier molecular flexibility index (Phi) is 5.89. The summed E-state index contributed by atoms with van der Waals surface area (Å²) in [6, 6.07) is 6.52. The number of benzene rings is 1. The van der Waals surface area contributed by atoms with Gasteiger partial charge in [-0.2, -0.15) is 5.10 Å². The number of hydrogen-bond donors (Lipinski definition) is 0. The average molecular weight is 378 g/mol. The first-order chi connectivity index (χ1) is 12.4. The molecule has 1 fully saturated rings. The molecule has 0 saturated carbocycles. The second-order valence-corrected chi connectivity index (χ2v) is 7.90. The summed E-state index contributed by atoms with van der Waals surface area (Å²) in [6.07, 6.45) is 2.43. The van der Waals surface area contributed by atoms with Crippen molar-refractivity contribution in [1.82, 2.24) is 24.1 Å². The number of hydrogen-bond acceptors (Lipinski definition) is 4. The van der Waals surface area contributed by atoms with E-state index >= 15 is 0 Å². The minimum absolute atomic E-state index is 0.0874. The van der Waals surface area contributed by atoms with Crippen LogP contribution in [0.5, 0.6) is 0 Å². The lowest BCUT2D eigenvalue weighted by atomic mass is 10.00. The van der Waals surface area contributed by atoms with Gasteiger partial charge in [-0.1, -0.05) is 6.92 Å². The molecule has 1 aromatic heterocycles. The smallest absolute Gasteiger partial charge is 0.203 e. The molecule has 1 aliphatic heterocycles. The molecule has 0 amide bonds. The Morgan fingerprint density at radius 1 is 1.23 bits per heavy atom. The van der Waals surface area contributed by atoms with Gasteiger partial charge in [0.25, 0.3) is 0 Å². The van der Waals surface area contributed by atoms with Gasteiger partial charge >= 0.3 is 0 Å². The van der Waals surface area contributed by atoms with Crippen LogP contribution in [0.4, 0.5) is 4.39 Å². The third-order valence-corrected chi connectivity index (χ3v) is 5.70. The molecule has 1 saturated heterocycles. The van der Waals surface area contributed by atoms with Crippen molar-refractivity contribution in [2.45, 2.75) is 39.4 Å². The lowest BCUT2D eigenvalue weighted by Gasteiger charge is -2.29. The van der Waals surface area contributed by atoms with Gasteiger partial charge in [0, 0.05) is 18.8 Å². The molecule has 7 heteroatoms. The quantitative estimate of drug-likeness (QED) is 0.740. The molecule has 3 rings (SSSR count). The second-order valence-electron chi connectivity index (χ2n) is 7.53. The Hall–Kier alpha value is -1.57. The summed E-state index contributed by atoms with van der Waals surface area (Å²) in [5.41, 5.74) is 0.846. The molecule has 2 heterocycles. The van der Waals surface area contributed by atoms with Crippen molar-refractivity contribution in [3.05, 3.63) is 40.7 Å². The fraction of sp³-hybridized carbons (Fsp3) is 0.579. The summed E-state index contributed by atoms with van der Waals surface area (Å²) in [6.45, 7) is 7.26. The molecular weight excluding hydrogens is 349 g/mol. The molecule has 0 bridgehead atoms. The van der Waals surface area contributed by atoms with Gasteiger partial charge in [0.05, 0.1) is 12.7 Å². The molecule has 0 N–H and O–H groups in total. The molecule has 1 atom stereocenters. The van der Waals surface area contributed by atoms with E-state index in [2.05, 4.69) is 23.6 Å². The molecule has 0 radical (unpaired) electrons. The van der Waals surface area contributed by atoms with Gasteiger partial charge in [0.2, 0.25) is 4.77 Å². The fourth-order valence-corrected chi connectivity index (χ4v) is 3.54. The third-order valence-electron chi connectivity index (χ3n) is 5.31. The van der Waals surface area contributed by atoms with Crippen molar-refractivity contribution >= 4 is 12.2 Å². The zero-order chi connectivity index (χ0) is 18.8. The largest absolute Gasteiger partial charge is 0.300 e. The van der Waals surface area contributed by atoms with E-state index in [0.717, 1.165) is 30.5 Å². The van der Waals surface area contributed by atoms with Crippen LogP contribution in [0.1, 0.15) is 38.6 Å². The lowest BCUT2D eigenvalue weighted by molar-refractivity contribution is 0.145. The second kappa shape index (κ2) is 7.98. The molecule has 1 unspecified atom stereocenters. The maximum Gasteiger partial charge on any atom is 0.203 e. The summed E-state index contributed by atoms with van der Waals surface area (Å²) in [7, 11) is 4.04. The molecule has 142 valence electrons. The first-order valence-corrected chi connectivity index (χ1v) is 9.62. The molecule has 2 aromatic rings. The summed E-state index contributed by atoms with van der Waals surface area (Å²) < 4.78 is 17.9. The fourth-order valence-electron chi connectivity index (χ4n) is 3.24. The molecule has 1 aromatic carbocycles. The Balaban J connectivity index is 1.97. The predicted molar refractivity (Wildman–Crippen MR) is 104 cm³/mol. The minimum atomic E-state index is -0.252. The van der Waals surface area contributed by atoms with Crippen molar-refractivity contribution in [3.63, 3.8) is 0 Å². The van der Waals surface area contributed by atoms with Gasteiger partial charge in [0.1, 0.15) is 5.82 Å². The third kappa shape index (κ3) is 4.05. The van der Waals surface area contributed by atoms with Crippen LogP contribution in [-0.2, 0) is 6.67 Å². The van der Waals surface area contributed by atoms with Gasteiger partial charge < -0.3 is 0 Å². The standard InChI is InChI=1S/C19H28FN5S/c1-14-9-11-23(12-10-14)13-24-19(26)25(17-7-5-16(20)6-8-17)18(21-24)15(2)22(3)4/h5-8,14-15H,9-13H2,1-4H3. The van der Waals surface area contributed by atoms with E-state index in [0.29, 0.717) is 11.4 Å². The van der Waals surface area contributed by atoms with E-state index in [1.54, 1.807) is 12.1 Å². The summed E-state index contributed by atoms with van der Waals surface area (Å²) in [5, 5.41) is 4.84. The Labute approximate surface area is 160 Å². The minimum Gasteiger partial charge on any atom is -0.300 e.